The van der Waals surface area contributed by atoms with Crippen LogP contribution in [-0.4, -0.2) is 37.3 Å². The molecule has 0 bridgehead atoms. The average molecular weight is 394 g/mol. The number of nitrogens with two attached hydrogens (primary N) is 1. The molecule has 0 saturated heterocycles. The van der Waals surface area contributed by atoms with Gasteiger partial charge in [-0.25, -0.2) is 15.0 Å². The molecule has 1 aliphatic carbocycles. The Bertz CT molecular complexity index is 1080. The first kappa shape index (κ1) is 19.3. The Morgan fingerprint density at radius 2 is 2.07 bits per heavy atom. The van der Waals surface area contributed by atoms with Crippen LogP contribution in [0.1, 0.15) is 39.2 Å². The van der Waals surface area contributed by atoms with Gasteiger partial charge in [0, 0.05) is 42.8 Å². The van der Waals surface area contributed by atoms with Crippen molar-refractivity contribution in [2.45, 2.75) is 45.2 Å². The molecule has 29 heavy (non-hydrogen) atoms. The number of aliphatic hydroxyl groups excluding tert-OH is 1. The molecule has 0 unspecified atom stereocenters. The topological polar surface area (TPSA) is 119 Å². The van der Waals surface area contributed by atoms with Gasteiger partial charge in [0.15, 0.2) is 0 Å². The highest BCUT2D eigenvalue weighted by atomic mass is 16.3. The number of nitrogens with one attached hydrogen (secondary N) is 1. The minimum atomic E-state index is -0.0655. The SMILES string of the molecule is CC(C)n1ccc2cc(-c3cnc(N)nc3)nc(N[C@H]3CC[C@@H](CO)C3)c2c1=O. The maximum Gasteiger partial charge on any atom is 0.262 e. The third kappa shape index (κ3) is 3.80. The lowest BCUT2D eigenvalue weighted by Crippen LogP contribution is -2.24. The molecular weight excluding hydrogens is 368 g/mol. The Labute approximate surface area is 168 Å². The molecular formula is C21H26N6O2. The van der Waals surface area contributed by atoms with E-state index in [1.54, 1.807) is 17.0 Å². The number of hydrogen-bond donors (Lipinski definition) is 3. The zero-order valence-electron chi connectivity index (χ0n) is 16.7. The number of hydrogen-bond acceptors (Lipinski definition) is 7. The first-order chi connectivity index (χ1) is 14.0. The molecule has 1 aliphatic rings. The number of fused-ring (bicyclic) bond motifs is 1. The van der Waals surface area contributed by atoms with Crippen LogP contribution in [0.2, 0.25) is 0 Å². The van der Waals surface area contributed by atoms with Gasteiger partial charge in [-0.1, -0.05) is 0 Å². The molecule has 3 aromatic rings. The highest BCUT2D eigenvalue weighted by molar-refractivity contribution is 5.94. The number of anilines is 2. The van der Waals surface area contributed by atoms with Crippen LogP contribution < -0.4 is 16.6 Å². The zero-order valence-corrected chi connectivity index (χ0v) is 16.7. The highest BCUT2D eigenvalue weighted by Gasteiger charge is 2.25. The lowest BCUT2D eigenvalue weighted by Gasteiger charge is -2.18. The second-order valence-electron chi connectivity index (χ2n) is 7.98. The number of aliphatic hydroxyl groups is 1. The van der Waals surface area contributed by atoms with E-state index in [0.717, 1.165) is 30.2 Å². The number of aromatic nitrogens is 4. The summed E-state index contributed by atoms with van der Waals surface area (Å²) in [6, 6.07) is 4.05. The van der Waals surface area contributed by atoms with E-state index in [1.807, 2.05) is 32.2 Å². The second kappa shape index (κ2) is 7.79. The Balaban J connectivity index is 1.84. The smallest absolute Gasteiger partial charge is 0.262 e. The maximum absolute atomic E-state index is 13.2. The predicted octanol–water partition coefficient (Wildman–Crippen LogP) is 2.59. The van der Waals surface area contributed by atoms with Crippen LogP contribution in [0.5, 0.6) is 0 Å². The summed E-state index contributed by atoms with van der Waals surface area (Å²) in [4.78, 5) is 26.1. The molecule has 0 amide bonds. The van der Waals surface area contributed by atoms with Gasteiger partial charge in [0.05, 0.1) is 11.1 Å². The molecule has 8 heteroatoms. The van der Waals surface area contributed by atoms with Crippen molar-refractivity contribution in [3.05, 3.63) is 41.1 Å². The lowest BCUT2D eigenvalue weighted by atomic mass is 10.1. The second-order valence-corrected chi connectivity index (χ2v) is 7.98. The van der Waals surface area contributed by atoms with Crippen molar-refractivity contribution < 1.29 is 5.11 Å². The molecule has 3 heterocycles. The van der Waals surface area contributed by atoms with Gasteiger partial charge in [-0.05, 0) is 56.5 Å². The quantitative estimate of drug-likeness (QED) is 0.608. The fourth-order valence-electron chi connectivity index (χ4n) is 3.97. The largest absolute Gasteiger partial charge is 0.396 e. The molecule has 0 aliphatic heterocycles. The molecule has 4 rings (SSSR count). The Kier molecular flexibility index (Phi) is 5.19. The van der Waals surface area contributed by atoms with Gasteiger partial charge in [0.2, 0.25) is 5.95 Å². The van der Waals surface area contributed by atoms with E-state index in [2.05, 4.69) is 15.3 Å². The summed E-state index contributed by atoms with van der Waals surface area (Å²) in [7, 11) is 0. The Hall–Kier alpha value is -3.00. The Morgan fingerprint density at radius 1 is 1.31 bits per heavy atom. The number of rotatable bonds is 5. The van der Waals surface area contributed by atoms with Gasteiger partial charge < -0.3 is 20.7 Å². The van der Waals surface area contributed by atoms with E-state index in [0.29, 0.717) is 22.8 Å². The number of nitrogen functional groups attached to an aromatic ring is 1. The minimum absolute atomic E-state index is 0.0511. The van der Waals surface area contributed by atoms with Crippen molar-refractivity contribution in [1.82, 2.24) is 19.5 Å². The Morgan fingerprint density at radius 3 is 2.72 bits per heavy atom. The standard InChI is InChI=1S/C21H26N6O2/c1-12(2)27-6-5-14-8-17(15-9-23-21(22)24-10-15)26-19(18(14)20(27)29)25-16-4-3-13(7-16)11-28/h5-6,8-10,12-13,16,28H,3-4,7,11H2,1-2H3,(H,25,26)(H2,22,23,24)/t13-,16+/m1/s1. The van der Waals surface area contributed by atoms with Crippen molar-refractivity contribution in [3.8, 4) is 11.3 Å². The molecule has 1 fully saturated rings. The van der Waals surface area contributed by atoms with E-state index >= 15 is 0 Å². The number of nitrogens with zero attached hydrogens (tertiary/aromatic N) is 4. The summed E-state index contributed by atoms with van der Waals surface area (Å²) in [5, 5.41) is 14.3. The van der Waals surface area contributed by atoms with E-state index in [1.165, 1.54) is 0 Å². The van der Waals surface area contributed by atoms with Crippen LogP contribution in [0.4, 0.5) is 11.8 Å². The molecule has 1 saturated carbocycles. The lowest BCUT2D eigenvalue weighted by molar-refractivity contribution is 0.229. The summed E-state index contributed by atoms with van der Waals surface area (Å²) >= 11 is 0. The van der Waals surface area contributed by atoms with Gasteiger partial charge in [0.1, 0.15) is 5.82 Å². The maximum atomic E-state index is 13.2. The zero-order chi connectivity index (χ0) is 20.5. The molecule has 152 valence electrons. The van der Waals surface area contributed by atoms with Crippen molar-refractivity contribution in [3.63, 3.8) is 0 Å². The molecule has 8 nitrogen and oxygen atoms in total. The number of pyridine rings is 2. The average Bonchev–Trinajstić information content (AvgIpc) is 3.15. The first-order valence-corrected chi connectivity index (χ1v) is 9.97. The van der Waals surface area contributed by atoms with Crippen LogP contribution in [0.25, 0.3) is 22.0 Å². The van der Waals surface area contributed by atoms with Crippen molar-refractivity contribution in [1.29, 1.82) is 0 Å². The van der Waals surface area contributed by atoms with E-state index in [4.69, 9.17) is 10.7 Å². The van der Waals surface area contributed by atoms with Gasteiger partial charge in [-0.15, -0.1) is 0 Å². The normalized spacial score (nSPS) is 19.2. The predicted molar refractivity (Wildman–Crippen MR) is 114 cm³/mol. The summed E-state index contributed by atoms with van der Waals surface area (Å²) < 4.78 is 1.71. The van der Waals surface area contributed by atoms with Gasteiger partial charge >= 0.3 is 0 Å². The molecule has 3 aromatic heterocycles. The molecule has 2 atom stereocenters. The van der Waals surface area contributed by atoms with Crippen LogP contribution in [0.15, 0.2) is 35.5 Å². The van der Waals surface area contributed by atoms with E-state index < -0.39 is 0 Å². The van der Waals surface area contributed by atoms with Crippen LogP contribution in [0, 0.1) is 5.92 Å². The van der Waals surface area contributed by atoms with Gasteiger partial charge in [-0.2, -0.15) is 0 Å². The summed E-state index contributed by atoms with van der Waals surface area (Å²) in [6.07, 6.45) is 7.85. The van der Waals surface area contributed by atoms with Crippen molar-refractivity contribution in [2.75, 3.05) is 17.7 Å². The van der Waals surface area contributed by atoms with E-state index in [-0.39, 0.29) is 30.2 Å². The fraction of sp³-hybridized carbons (Fsp3) is 0.429. The van der Waals surface area contributed by atoms with Crippen LogP contribution >= 0.6 is 0 Å². The van der Waals surface area contributed by atoms with Crippen molar-refractivity contribution >= 4 is 22.5 Å². The van der Waals surface area contributed by atoms with Crippen LogP contribution in [-0.2, 0) is 0 Å². The summed E-state index contributed by atoms with van der Waals surface area (Å²) in [5.41, 5.74) is 6.95. The monoisotopic (exact) mass is 394 g/mol. The van der Waals surface area contributed by atoms with Crippen molar-refractivity contribution in [2.24, 2.45) is 5.92 Å². The third-order valence-electron chi connectivity index (χ3n) is 5.58. The third-order valence-corrected chi connectivity index (χ3v) is 5.58. The van der Waals surface area contributed by atoms with Crippen LogP contribution in [0.3, 0.4) is 0 Å². The van der Waals surface area contributed by atoms with Gasteiger partial charge in [-0.3, -0.25) is 4.79 Å². The molecule has 4 N–H and O–H groups in total. The highest BCUT2D eigenvalue weighted by Crippen LogP contribution is 2.31. The molecule has 0 radical (unpaired) electrons. The first-order valence-electron chi connectivity index (χ1n) is 9.97. The minimum Gasteiger partial charge on any atom is -0.396 e. The van der Waals surface area contributed by atoms with Gasteiger partial charge in [0.25, 0.3) is 5.56 Å². The van der Waals surface area contributed by atoms with E-state index in [9.17, 15) is 9.90 Å². The molecule has 0 spiro atoms. The summed E-state index contributed by atoms with van der Waals surface area (Å²) in [5.74, 6) is 1.06. The molecule has 0 aromatic carbocycles. The summed E-state index contributed by atoms with van der Waals surface area (Å²) in [6.45, 7) is 4.16. The fourth-order valence-corrected chi connectivity index (χ4v) is 3.97.